The Bertz CT molecular complexity index is 1040. The number of benzene rings is 2. The Morgan fingerprint density at radius 3 is 2.76 bits per heavy atom. The van der Waals surface area contributed by atoms with E-state index in [1.54, 1.807) is 42.5 Å². The Labute approximate surface area is 180 Å². The molecule has 150 valence electrons. The number of methoxy groups -OCH3 is 1. The average molecular weight is 453 g/mol. The maximum atomic E-state index is 12.3. The lowest BCUT2D eigenvalue weighted by Crippen LogP contribution is -2.19. The van der Waals surface area contributed by atoms with Crippen molar-refractivity contribution in [2.75, 3.05) is 13.7 Å². The number of hydrogen-bond acceptors (Lipinski definition) is 6. The number of amides is 1. The van der Waals surface area contributed by atoms with Crippen molar-refractivity contribution in [3.63, 3.8) is 0 Å². The third kappa shape index (κ3) is 5.44. The highest BCUT2D eigenvalue weighted by Crippen LogP contribution is 2.34. The molecule has 0 bridgehead atoms. The lowest BCUT2D eigenvalue weighted by Gasteiger charge is -2.09. The Hall–Kier alpha value is -2.68. The number of aliphatic carboxylic acids is 1. The molecule has 1 heterocycles. The molecule has 0 radical (unpaired) electrons. The lowest BCUT2D eigenvalue weighted by atomic mass is 10.2. The zero-order valence-corrected chi connectivity index (χ0v) is 17.3. The predicted octanol–water partition coefficient (Wildman–Crippen LogP) is 4.36. The number of halogens is 2. The van der Waals surface area contributed by atoms with E-state index < -0.39 is 12.6 Å². The van der Waals surface area contributed by atoms with E-state index >= 15 is 0 Å². The van der Waals surface area contributed by atoms with E-state index in [0.29, 0.717) is 42.9 Å². The predicted molar refractivity (Wildman–Crippen MR) is 113 cm³/mol. The summed E-state index contributed by atoms with van der Waals surface area (Å²) < 4.78 is 10.4. The summed E-state index contributed by atoms with van der Waals surface area (Å²) in [5, 5.41) is 12.7. The number of carboxylic acids is 1. The van der Waals surface area contributed by atoms with E-state index in [9.17, 15) is 9.59 Å². The first-order valence-corrected chi connectivity index (χ1v) is 9.70. The van der Waals surface area contributed by atoms with Crippen LogP contribution in [0.15, 0.2) is 46.3 Å². The van der Waals surface area contributed by atoms with E-state index in [4.69, 9.17) is 37.8 Å². The zero-order valence-electron chi connectivity index (χ0n) is 14.9. The fraction of sp³-hybridized carbons (Fsp3) is 0.105. The normalized spacial score (nSPS) is 16.2. The van der Waals surface area contributed by atoms with E-state index in [1.807, 2.05) is 0 Å². The third-order valence-electron chi connectivity index (χ3n) is 3.62. The molecular formula is C19H14Cl2N2O5S. The monoisotopic (exact) mass is 452 g/mol. The fourth-order valence-electron chi connectivity index (χ4n) is 2.35. The second kappa shape index (κ2) is 9.21. The van der Waals surface area contributed by atoms with Crippen molar-refractivity contribution in [2.45, 2.75) is 0 Å². The summed E-state index contributed by atoms with van der Waals surface area (Å²) >= 11 is 13.2. The van der Waals surface area contributed by atoms with Crippen LogP contribution in [-0.4, -0.2) is 35.9 Å². The van der Waals surface area contributed by atoms with Gasteiger partial charge in [-0.15, -0.1) is 0 Å². The van der Waals surface area contributed by atoms with Crippen LogP contribution >= 0.6 is 35.0 Å². The molecule has 7 nitrogen and oxygen atoms in total. The molecule has 0 saturated carbocycles. The SMILES string of the molecule is COc1cc(/C=C2/SC(=Nc3cc(Cl)ccc3Cl)NC2=O)ccc1OCC(=O)O. The van der Waals surface area contributed by atoms with Crippen LogP contribution in [-0.2, 0) is 9.59 Å². The Morgan fingerprint density at radius 1 is 1.24 bits per heavy atom. The van der Waals surface area contributed by atoms with Crippen molar-refractivity contribution in [1.29, 1.82) is 0 Å². The smallest absolute Gasteiger partial charge is 0.341 e. The van der Waals surface area contributed by atoms with Crippen LogP contribution in [0.5, 0.6) is 11.5 Å². The molecule has 29 heavy (non-hydrogen) atoms. The van der Waals surface area contributed by atoms with Gasteiger partial charge in [0.05, 0.1) is 22.7 Å². The lowest BCUT2D eigenvalue weighted by molar-refractivity contribution is -0.139. The number of amidine groups is 1. The van der Waals surface area contributed by atoms with Crippen LogP contribution < -0.4 is 14.8 Å². The van der Waals surface area contributed by atoms with Gasteiger partial charge in [0, 0.05) is 5.02 Å². The van der Waals surface area contributed by atoms with Crippen LogP contribution in [0.2, 0.25) is 10.0 Å². The average Bonchev–Trinajstić information content (AvgIpc) is 3.02. The highest BCUT2D eigenvalue weighted by Gasteiger charge is 2.24. The van der Waals surface area contributed by atoms with Crippen LogP contribution in [0.3, 0.4) is 0 Å². The van der Waals surface area contributed by atoms with Crippen molar-refractivity contribution in [3.8, 4) is 11.5 Å². The van der Waals surface area contributed by atoms with Crippen molar-refractivity contribution < 1.29 is 24.2 Å². The summed E-state index contributed by atoms with van der Waals surface area (Å²) in [6.07, 6.45) is 1.66. The Balaban J connectivity index is 1.82. The molecule has 1 aliphatic rings. The van der Waals surface area contributed by atoms with Crippen molar-refractivity contribution in [3.05, 3.63) is 56.9 Å². The first-order chi connectivity index (χ1) is 13.9. The molecule has 0 unspecified atom stereocenters. The van der Waals surface area contributed by atoms with Crippen molar-refractivity contribution in [2.24, 2.45) is 4.99 Å². The molecular weight excluding hydrogens is 439 g/mol. The Kier molecular flexibility index (Phi) is 6.68. The molecule has 0 spiro atoms. The minimum absolute atomic E-state index is 0.290. The molecule has 1 saturated heterocycles. The first kappa shape index (κ1) is 21.0. The van der Waals surface area contributed by atoms with Gasteiger partial charge in [-0.1, -0.05) is 29.3 Å². The molecule has 0 atom stereocenters. The van der Waals surface area contributed by atoms with Gasteiger partial charge in [0.25, 0.3) is 5.91 Å². The number of ether oxygens (including phenoxy) is 2. The van der Waals surface area contributed by atoms with Crippen LogP contribution in [0.25, 0.3) is 6.08 Å². The number of carbonyl (C=O) groups is 2. The van der Waals surface area contributed by atoms with Crippen molar-refractivity contribution >= 4 is 63.8 Å². The molecule has 3 rings (SSSR count). The molecule has 0 aromatic heterocycles. The number of nitrogens with one attached hydrogen (secondary N) is 1. The maximum Gasteiger partial charge on any atom is 0.341 e. The molecule has 2 N–H and O–H groups in total. The van der Waals surface area contributed by atoms with Gasteiger partial charge in [-0.2, -0.15) is 0 Å². The van der Waals surface area contributed by atoms with E-state index in [1.165, 1.54) is 7.11 Å². The number of carboxylic acid groups (broad SMARTS) is 1. The highest BCUT2D eigenvalue weighted by molar-refractivity contribution is 8.18. The molecule has 1 fully saturated rings. The summed E-state index contributed by atoms with van der Waals surface area (Å²) in [5.74, 6) is -0.761. The second-order valence-electron chi connectivity index (χ2n) is 5.67. The largest absolute Gasteiger partial charge is 0.493 e. The van der Waals surface area contributed by atoms with Crippen molar-refractivity contribution in [1.82, 2.24) is 5.32 Å². The van der Waals surface area contributed by atoms with Crippen LogP contribution in [0.1, 0.15) is 5.56 Å². The summed E-state index contributed by atoms with van der Waals surface area (Å²) in [6, 6.07) is 9.78. The number of carbonyl (C=O) groups excluding carboxylic acids is 1. The number of thioether (sulfide) groups is 1. The van der Waals surface area contributed by atoms with Gasteiger partial charge >= 0.3 is 5.97 Å². The van der Waals surface area contributed by atoms with Gasteiger partial charge < -0.3 is 19.9 Å². The van der Waals surface area contributed by atoms with Crippen LogP contribution in [0, 0.1) is 0 Å². The molecule has 2 aromatic rings. The number of nitrogens with zero attached hydrogens (tertiary/aromatic N) is 1. The fourth-order valence-corrected chi connectivity index (χ4v) is 3.51. The summed E-state index contributed by atoms with van der Waals surface area (Å²) in [6.45, 7) is -0.485. The van der Waals surface area contributed by atoms with Gasteiger partial charge in [-0.25, -0.2) is 9.79 Å². The van der Waals surface area contributed by atoms with Gasteiger partial charge in [0.1, 0.15) is 0 Å². The van der Waals surface area contributed by atoms with Crippen LogP contribution in [0.4, 0.5) is 5.69 Å². The van der Waals surface area contributed by atoms with E-state index in [0.717, 1.165) is 11.8 Å². The maximum absolute atomic E-state index is 12.3. The summed E-state index contributed by atoms with van der Waals surface area (Å²) in [5.41, 5.74) is 1.12. The zero-order chi connectivity index (χ0) is 21.0. The standard InChI is InChI=1S/C19H14Cl2N2O5S/c1-27-15-6-10(2-5-14(15)28-9-17(24)25)7-16-18(26)23-19(29-16)22-13-8-11(20)3-4-12(13)21/h2-8H,9H2,1H3,(H,24,25)(H,22,23,26)/b16-7+. The second-order valence-corrected chi connectivity index (χ2v) is 7.54. The first-order valence-electron chi connectivity index (χ1n) is 8.13. The van der Waals surface area contributed by atoms with E-state index in [2.05, 4.69) is 10.3 Å². The molecule has 1 amide bonds. The van der Waals surface area contributed by atoms with Gasteiger partial charge in [-0.05, 0) is 53.7 Å². The van der Waals surface area contributed by atoms with Gasteiger partial charge in [0.15, 0.2) is 23.3 Å². The molecule has 0 aliphatic carbocycles. The van der Waals surface area contributed by atoms with Gasteiger partial charge in [0.2, 0.25) is 0 Å². The number of hydrogen-bond donors (Lipinski definition) is 2. The molecule has 1 aliphatic heterocycles. The number of aliphatic imine (C=N–C) groups is 1. The minimum atomic E-state index is -1.09. The number of rotatable bonds is 6. The molecule has 2 aromatic carbocycles. The third-order valence-corrected chi connectivity index (χ3v) is 5.08. The quantitative estimate of drug-likeness (QED) is 0.631. The highest BCUT2D eigenvalue weighted by atomic mass is 35.5. The topological polar surface area (TPSA) is 97.2 Å². The summed E-state index contributed by atoms with van der Waals surface area (Å²) in [4.78, 5) is 27.7. The minimum Gasteiger partial charge on any atom is -0.493 e. The molecule has 10 heteroatoms. The van der Waals surface area contributed by atoms with E-state index in [-0.39, 0.29) is 5.91 Å². The van der Waals surface area contributed by atoms with Gasteiger partial charge in [-0.3, -0.25) is 4.79 Å². The summed E-state index contributed by atoms with van der Waals surface area (Å²) in [7, 11) is 1.44. The Morgan fingerprint density at radius 2 is 2.03 bits per heavy atom.